The van der Waals surface area contributed by atoms with Crippen molar-refractivity contribution < 1.29 is 9.53 Å². The van der Waals surface area contributed by atoms with E-state index in [4.69, 9.17) is 4.74 Å². The van der Waals surface area contributed by atoms with Crippen molar-refractivity contribution in [2.75, 3.05) is 26.7 Å². The second-order valence-corrected chi connectivity index (χ2v) is 6.24. The maximum Gasteiger partial charge on any atom is 0.223 e. The Morgan fingerprint density at radius 2 is 2.10 bits per heavy atom. The summed E-state index contributed by atoms with van der Waals surface area (Å²) in [5.41, 5.74) is 1.09. The number of nitrogens with one attached hydrogen (secondary N) is 1. The van der Waals surface area contributed by atoms with Crippen LogP contribution in [0.3, 0.4) is 0 Å². The number of piperidine rings is 1. The fourth-order valence-electron chi connectivity index (χ4n) is 2.61. The fraction of sp³-hybridized carbons (Fsp3) is 0.562. The number of likely N-dealkylation sites (tertiary alicyclic amines) is 1. The molecular formula is C16H23BrN2O2. The van der Waals surface area contributed by atoms with Crippen molar-refractivity contribution in [2.24, 2.45) is 0 Å². The van der Waals surface area contributed by atoms with E-state index in [1.165, 1.54) is 6.42 Å². The molecule has 1 aliphatic heterocycles. The van der Waals surface area contributed by atoms with Gasteiger partial charge in [0.25, 0.3) is 0 Å². The maximum absolute atomic E-state index is 12.0. The van der Waals surface area contributed by atoms with Gasteiger partial charge in [-0.05, 0) is 37.5 Å². The molecule has 0 radical (unpaired) electrons. The molecule has 5 heteroatoms. The molecule has 0 aromatic heterocycles. The zero-order valence-corrected chi connectivity index (χ0v) is 14.1. The van der Waals surface area contributed by atoms with Crippen LogP contribution in [0.25, 0.3) is 0 Å². The molecule has 1 aromatic carbocycles. The normalized spacial score (nSPS) is 15.0. The number of hydrogen-bond acceptors (Lipinski definition) is 3. The Labute approximate surface area is 135 Å². The predicted molar refractivity (Wildman–Crippen MR) is 87.4 cm³/mol. The molecule has 1 aromatic rings. The highest BCUT2D eigenvalue weighted by molar-refractivity contribution is 9.10. The molecule has 0 spiro atoms. The molecule has 0 bridgehead atoms. The first kappa shape index (κ1) is 16.3. The summed E-state index contributed by atoms with van der Waals surface area (Å²) in [6.07, 6.45) is 4.11. The molecule has 1 saturated heterocycles. The Hall–Kier alpha value is -1.07. The third kappa shape index (κ3) is 5.00. The van der Waals surface area contributed by atoms with Gasteiger partial charge in [0.1, 0.15) is 5.75 Å². The number of benzene rings is 1. The summed E-state index contributed by atoms with van der Waals surface area (Å²) >= 11 is 3.47. The zero-order valence-electron chi connectivity index (χ0n) is 12.5. The minimum absolute atomic E-state index is 0.267. The monoisotopic (exact) mass is 354 g/mol. The van der Waals surface area contributed by atoms with E-state index in [2.05, 4.69) is 21.2 Å². The molecule has 0 saturated carbocycles. The van der Waals surface area contributed by atoms with Crippen LogP contribution in [0.5, 0.6) is 5.75 Å². The van der Waals surface area contributed by atoms with Crippen molar-refractivity contribution in [1.82, 2.24) is 10.2 Å². The molecule has 2 rings (SSSR count). The molecule has 0 aliphatic carbocycles. The third-order valence-corrected chi connectivity index (χ3v) is 4.28. The van der Waals surface area contributed by atoms with Crippen LogP contribution in [0, 0.1) is 0 Å². The van der Waals surface area contributed by atoms with Crippen molar-refractivity contribution in [3.8, 4) is 5.75 Å². The fourth-order valence-corrected chi connectivity index (χ4v) is 3.01. The van der Waals surface area contributed by atoms with Gasteiger partial charge in [-0.25, -0.2) is 0 Å². The van der Waals surface area contributed by atoms with Crippen molar-refractivity contribution in [3.63, 3.8) is 0 Å². The Morgan fingerprint density at radius 3 is 2.81 bits per heavy atom. The molecule has 116 valence electrons. The first-order valence-corrected chi connectivity index (χ1v) is 8.31. The molecular weight excluding hydrogens is 332 g/mol. The number of hydrogen-bond donors (Lipinski definition) is 1. The first-order chi connectivity index (χ1) is 10.2. The zero-order chi connectivity index (χ0) is 15.1. The lowest BCUT2D eigenvalue weighted by Crippen LogP contribution is -2.37. The predicted octanol–water partition coefficient (Wildman–Crippen LogP) is 2.95. The quantitative estimate of drug-likeness (QED) is 0.798. The van der Waals surface area contributed by atoms with E-state index in [1.54, 1.807) is 7.11 Å². The topological polar surface area (TPSA) is 41.6 Å². The number of rotatable bonds is 6. The highest BCUT2D eigenvalue weighted by Crippen LogP contribution is 2.22. The molecule has 1 aliphatic rings. The van der Waals surface area contributed by atoms with Crippen LogP contribution in [0.2, 0.25) is 0 Å². The van der Waals surface area contributed by atoms with Crippen LogP contribution in [0.4, 0.5) is 0 Å². The second-order valence-electron chi connectivity index (χ2n) is 5.32. The summed E-state index contributed by atoms with van der Waals surface area (Å²) in [4.78, 5) is 14.0. The number of ether oxygens (including phenoxy) is 1. The van der Waals surface area contributed by atoms with Gasteiger partial charge in [-0.2, -0.15) is 0 Å². The summed E-state index contributed by atoms with van der Waals surface area (Å²) in [5, 5.41) is 3.33. The van der Waals surface area contributed by atoms with Gasteiger partial charge < -0.3 is 15.0 Å². The van der Waals surface area contributed by atoms with E-state index in [0.717, 1.165) is 41.7 Å². The smallest absolute Gasteiger partial charge is 0.223 e. The van der Waals surface area contributed by atoms with Crippen LogP contribution in [0.1, 0.15) is 31.2 Å². The highest BCUT2D eigenvalue weighted by atomic mass is 79.9. The average Bonchev–Trinajstić information content (AvgIpc) is 2.52. The Bertz CT molecular complexity index is 473. The van der Waals surface area contributed by atoms with E-state index in [1.807, 2.05) is 23.1 Å². The maximum atomic E-state index is 12.0. The van der Waals surface area contributed by atoms with Gasteiger partial charge in [-0.1, -0.05) is 15.9 Å². The number of methoxy groups -OCH3 is 1. The van der Waals surface area contributed by atoms with Gasteiger partial charge in [-0.3, -0.25) is 4.79 Å². The molecule has 21 heavy (non-hydrogen) atoms. The summed E-state index contributed by atoms with van der Waals surface area (Å²) < 4.78 is 6.37. The van der Waals surface area contributed by atoms with Gasteiger partial charge in [0, 0.05) is 42.6 Å². The molecule has 1 amide bonds. The van der Waals surface area contributed by atoms with Crippen LogP contribution in [-0.2, 0) is 11.3 Å². The summed E-state index contributed by atoms with van der Waals surface area (Å²) in [6.45, 7) is 3.26. The number of halogens is 1. The second kappa shape index (κ2) is 8.39. The minimum atomic E-state index is 0.267. The van der Waals surface area contributed by atoms with E-state index >= 15 is 0 Å². The Morgan fingerprint density at radius 1 is 1.33 bits per heavy atom. The van der Waals surface area contributed by atoms with Crippen LogP contribution >= 0.6 is 15.9 Å². The molecule has 0 atom stereocenters. The third-order valence-electron chi connectivity index (χ3n) is 3.78. The lowest BCUT2D eigenvalue weighted by Gasteiger charge is -2.26. The van der Waals surface area contributed by atoms with Gasteiger partial charge >= 0.3 is 0 Å². The van der Waals surface area contributed by atoms with Crippen LogP contribution in [0.15, 0.2) is 22.7 Å². The summed E-state index contributed by atoms with van der Waals surface area (Å²) in [6, 6.07) is 5.94. The Kier molecular flexibility index (Phi) is 6.51. The first-order valence-electron chi connectivity index (χ1n) is 7.51. The standard InChI is InChI=1S/C16H23BrN2O2/c1-21-15-6-5-14(17)11-13(15)12-18-8-7-16(20)19-9-3-2-4-10-19/h5-6,11,18H,2-4,7-10,12H2,1H3. The lowest BCUT2D eigenvalue weighted by atomic mass is 10.1. The van der Waals surface area contributed by atoms with E-state index in [-0.39, 0.29) is 5.91 Å². The highest BCUT2D eigenvalue weighted by Gasteiger charge is 2.15. The van der Waals surface area contributed by atoms with Gasteiger partial charge in [0.15, 0.2) is 0 Å². The van der Waals surface area contributed by atoms with E-state index in [0.29, 0.717) is 19.5 Å². The number of carbonyl (C=O) groups excluding carboxylic acids is 1. The molecule has 0 unspecified atom stereocenters. The van der Waals surface area contributed by atoms with Crippen molar-refractivity contribution in [3.05, 3.63) is 28.2 Å². The lowest BCUT2D eigenvalue weighted by molar-refractivity contribution is -0.131. The van der Waals surface area contributed by atoms with Crippen molar-refractivity contribution in [2.45, 2.75) is 32.2 Å². The number of carbonyl (C=O) groups is 1. The van der Waals surface area contributed by atoms with E-state index in [9.17, 15) is 4.79 Å². The number of nitrogens with zero attached hydrogens (tertiary/aromatic N) is 1. The van der Waals surface area contributed by atoms with Crippen molar-refractivity contribution >= 4 is 21.8 Å². The molecule has 1 fully saturated rings. The van der Waals surface area contributed by atoms with E-state index < -0.39 is 0 Å². The van der Waals surface area contributed by atoms with Crippen molar-refractivity contribution in [1.29, 1.82) is 0 Å². The van der Waals surface area contributed by atoms with Crippen LogP contribution < -0.4 is 10.1 Å². The summed E-state index contributed by atoms with van der Waals surface area (Å²) in [7, 11) is 1.67. The summed E-state index contributed by atoms with van der Waals surface area (Å²) in [5.74, 6) is 1.14. The SMILES string of the molecule is COc1ccc(Br)cc1CNCCC(=O)N1CCCCC1. The number of amides is 1. The van der Waals surface area contributed by atoms with Crippen LogP contribution in [-0.4, -0.2) is 37.6 Å². The molecule has 1 N–H and O–H groups in total. The molecule has 1 heterocycles. The average molecular weight is 355 g/mol. The minimum Gasteiger partial charge on any atom is -0.496 e. The Balaban J connectivity index is 1.74. The molecule has 4 nitrogen and oxygen atoms in total. The van der Waals surface area contributed by atoms with Gasteiger partial charge in [0.05, 0.1) is 7.11 Å². The van der Waals surface area contributed by atoms with Gasteiger partial charge in [-0.15, -0.1) is 0 Å². The largest absolute Gasteiger partial charge is 0.496 e. The van der Waals surface area contributed by atoms with Gasteiger partial charge in [0.2, 0.25) is 5.91 Å².